The van der Waals surface area contributed by atoms with Gasteiger partial charge in [0.2, 0.25) is 5.91 Å². The highest BCUT2D eigenvalue weighted by Gasteiger charge is 2.21. The number of carbonyl (C=O) groups excluding carboxylic acids is 1. The van der Waals surface area contributed by atoms with E-state index in [1.807, 2.05) is 13.8 Å². The van der Waals surface area contributed by atoms with Crippen LogP contribution in [0.1, 0.15) is 33.1 Å². The van der Waals surface area contributed by atoms with Gasteiger partial charge in [0.15, 0.2) is 5.96 Å². The van der Waals surface area contributed by atoms with Gasteiger partial charge in [-0.2, -0.15) is 0 Å². The summed E-state index contributed by atoms with van der Waals surface area (Å²) in [5.74, 6) is 0.997. The summed E-state index contributed by atoms with van der Waals surface area (Å²) in [4.78, 5) is 18.1. The molecule has 148 valence electrons. The average molecular weight is 470 g/mol. The predicted octanol–water partition coefficient (Wildman–Crippen LogP) is 1.47. The van der Waals surface area contributed by atoms with Crippen LogP contribution < -0.4 is 10.6 Å². The fourth-order valence-corrected chi connectivity index (χ4v) is 2.58. The number of guanidine groups is 1. The standard InChI is InChI=1S/C17H34N4O3.HI/c1-14(2)16(22)19-8-9-20-17(18-3)21-10-6-15(7-11-21)24-13-5-12-23-4;/h14-15H,5-13H2,1-4H3,(H,18,20)(H,19,22);1H. The fraction of sp³-hybridized carbons (Fsp3) is 0.882. The zero-order valence-electron chi connectivity index (χ0n) is 16.0. The highest BCUT2D eigenvalue weighted by Crippen LogP contribution is 2.14. The number of piperidine rings is 1. The number of methoxy groups -OCH3 is 1. The van der Waals surface area contributed by atoms with Gasteiger partial charge in [-0.25, -0.2) is 0 Å². The minimum atomic E-state index is 0. The number of hydrogen-bond acceptors (Lipinski definition) is 4. The summed E-state index contributed by atoms with van der Waals surface area (Å²) in [5, 5.41) is 6.21. The number of hydrogen-bond donors (Lipinski definition) is 2. The molecule has 0 unspecified atom stereocenters. The molecule has 1 fully saturated rings. The van der Waals surface area contributed by atoms with Crippen LogP contribution in [0.15, 0.2) is 4.99 Å². The quantitative estimate of drug-likeness (QED) is 0.231. The van der Waals surface area contributed by atoms with Crippen molar-refractivity contribution in [1.29, 1.82) is 0 Å². The third-order valence-corrected chi connectivity index (χ3v) is 4.03. The van der Waals surface area contributed by atoms with Crippen molar-refractivity contribution in [2.75, 3.05) is 53.6 Å². The highest BCUT2D eigenvalue weighted by atomic mass is 127. The predicted molar refractivity (Wildman–Crippen MR) is 112 cm³/mol. The van der Waals surface area contributed by atoms with Gasteiger partial charge in [-0.3, -0.25) is 9.79 Å². The number of nitrogens with one attached hydrogen (secondary N) is 2. The molecule has 0 aromatic carbocycles. The Hall–Kier alpha value is -0.610. The van der Waals surface area contributed by atoms with Crippen molar-refractivity contribution in [1.82, 2.24) is 15.5 Å². The maximum atomic E-state index is 11.5. The van der Waals surface area contributed by atoms with Gasteiger partial charge in [0.05, 0.1) is 6.10 Å². The van der Waals surface area contributed by atoms with E-state index in [0.717, 1.165) is 51.5 Å². The van der Waals surface area contributed by atoms with Crippen molar-refractivity contribution in [3.63, 3.8) is 0 Å². The first-order valence-corrected chi connectivity index (χ1v) is 8.92. The van der Waals surface area contributed by atoms with Gasteiger partial charge >= 0.3 is 0 Å². The lowest BCUT2D eigenvalue weighted by Gasteiger charge is -2.34. The molecule has 7 nitrogen and oxygen atoms in total. The van der Waals surface area contributed by atoms with E-state index in [2.05, 4.69) is 20.5 Å². The molecule has 1 aliphatic rings. The molecule has 0 bridgehead atoms. The van der Waals surface area contributed by atoms with Gasteiger partial charge in [0, 0.05) is 59.5 Å². The molecule has 8 heteroatoms. The molecule has 0 saturated carbocycles. The molecule has 0 aromatic heterocycles. The number of rotatable bonds is 9. The molecule has 1 heterocycles. The van der Waals surface area contributed by atoms with E-state index in [0.29, 0.717) is 19.2 Å². The number of likely N-dealkylation sites (tertiary alicyclic amines) is 1. The van der Waals surface area contributed by atoms with Gasteiger partial charge in [0.1, 0.15) is 0 Å². The summed E-state index contributed by atoms with van der Waals surface area (Å²) in [5.41, 5.74) is 0. The lowest BCUT2D eigenvalue weighted by molar-refractivity contribution is -0.123. The first-order chi connectivity index (χ1) is 11.6. The molecule has 1 amide bonds. The van der Waals surface area contributed by atoms with E-state index in [1.54, 1.807) is 14.2 Å². The third kappa shape index (κ3) is 10.2. The molecule has 1 rings (SSSR count). The van der Waals surface area contributed by atoms with E-state index in [9.17, 15) is 4.79 Å². The van der Waals surface area contributed by atoms with Crippen LogP contribution in [0.5, 0.6) is 0 Å². The minimum Gasteiger partial charge on any atom is -0.385 e. The second kappa shape index (κ2) is 14.5. The average Bonchev–Trinajstić information content (AvgIpc) is 2.59. The number of halogens is 1. The Morgan fingerprint density at radius 3 is 2.40 bits per heavy atom. The molecule has 0 aromatic rings. The first-order valence-electron chi connectivity index (χ1n) is 8.92. The number of carbonyl (C=O) groups is 1. The molecular formula is C17H35IN4O3. The maximum absolute atomic E-state index is 11.5. The van der Waals surface area contributed by atoms with Crippen LogP contribution in [-0.2, 0) is 14.3 Å². The van der Waals surface area contributed by atoms with Gasteiger partial charge in [0.25, 0.3) is 0 Å². The Labute approximate surface area is 169 Å². The number of amides is 1. The van der Waals surface area contributed by atoms with Crippen molar-refractivity contribution in [2.45, 2.75) is 39.2 Å². The molecular weight excluding hydrogens is 435 g/mol. The minimum absolute atomic E-state index is 0. The number of nitrogens with zero attached hydrogens (tertiary/aromatic N) is 2. The molecule has 1 aliphatic heterocycles. The van der Waals surface area contributed by atoms with E-state index >= 15 is 0 Å². The Morgan fingerprint density at radius 2 is 1.84 bits per heavy atom. The monoisotopic (exact) mass is 470 g/mol. The summed E-state index contributed by atoms with van der Waals surface area (Å²) in [6.45, 7) is 8.46. The van der Waals surface area contributed by atoms with Crippen LogP contribution in [0.3, 0.4) is 0 Å². The molecule has 25 heavy (non-hydrogen) atoms. The van der Waals surface area contributed by atoms with Crippen molar-refractivity contribution in [2.24, 2.45) is 10.9 Å². The van der Waals surface area contributed by atoms with Gasteiger partial charge in [-0.05, 0) is 19.3 Å². The van der Waals surface area contributed by atoms with E-state index < -0.39 is 0 Å². The summed E-state index contributed by atoms with van der Waals surface area (Å²) >= 11 is 0. The normalized spacial score (nSPS) is 15.9. The van der Waals surface area contributed by atoms with Crippen molar-refractivity contribution in [3.8, 4) is 0 Å². The maximum Gasteiger partial charge on any atom is 0.222 e. The SMILES string of the molecule is CN=C(NCCNC(=O)C(C)C)N1CCC(OCCCOC)CC1.I. The zero-order chi connectivity index (χ0) is 17.8. The molecule has 0 spiro atoms. The number of aliphatic imine (C=N–C) groups is 1. The van der Waals surface area contributed by atoms with Crippen molar-refractivity contribution in [3.05, 3.63) is 0 Å². The van der Waals surface area contributed by atoms with Gasteiger partial charge < -0.3 is 25.0 Å². The van der Waals surface area contributed by atoms with E-state index in [-0.39, 0.29) is 35.8 Å². The largest absolute Gasteiger partial charge is 0.385 e. The Morgan fingerprint density at radius 1 is 1.20 bits per heavy atom. The third-order valence-electron chi connectivity index (χ3n) is 4.03. The molecule has 0 aliphatic carbocycles. The molecule has 1 saturated heterocycles. The van der Waals surface area contributed by atoms with Crippen molar-refractivity contribution < 1.29 is 14.3 Å². The van der Waals surface area contributed by atoms with Crippen LogP contribution in [0.2, 0.25) is 0 Å². The summed E-state index contributed by atoms with van der Waals surface area (Å²) in [6.07, 6.45) is 3.30. The topological polar surface area (TPSA) is 75.2 Å². The highest BCUT2D eigenvalue weighted by molar-refractivity contribution is 14.0. The second-order valence-electron chi connectivity index (χ2n) is 6.32. The molecule has 2 N–H and O–H groups in total. The molecule has 0 atom stereocenters. The Bertz CT molecular complexity index is 386. The first kappa shape index (κ1) is 24.4. The lowest BCUT2D eigenvalue weighted by Crippen LogP contribution is -2.48. The van der Waals surface area contributed by atoms with E-state index in [4.69, 9.17) is 9.47 Å². The summed E-state index contributed by atoms with van der Waals surface area (Å²) in [7, 11) is 3.51. The Kier molecular flexibility index (Phi) is 14.2. The summed E-state index contributed by atoms with van der Waals surface area (Å²) in [6, 6.07) is 0. The van der Waals surface area contributed by atoms with E-state index in [1.165, 1.54) is 0 Å². The van der Waals surface area contributed by atoms with Crippen LogP contribution >= 0.6 is 24.0 Å². The number of ether oxygens (including phenoxy) is 2. The van der Waals surface area contributed by atoms with Crippen LogP contribution in [0.25, 0.3) is 0 Å². The lowest BCUT2D eigenvalue weighted by atomic mass is 10.1. The fourth-order valence-electron chi connectivity index (χ4n) is 2.58. The summed E-state index contributed by atoms with van der Waals surface area (Å²) < 4.78 is 10.9. The van der Waals surface area contributed by atoms with Crippen LogP contribution in [0, 0.1) is 5.92 Å². The van der Waals surface area contributed by atoms with Crippen LogP contribution in [0.4, 0.5) is 0 Å². The smallest absolute Gasteiger partial charge is 0.222 e. The zero-order valence-corrected chi connectivity index (χ0v) is 18.4. The van der Waals surface area contributed by atoms with Crippen molar-refractivity contribution >= 4 is 35.8 Å². The van der Waals surface area contributed by atoms with Crippen LogP contribution in [-0.4, -0.2) is 76.4 Å². The van der Waals surface area contributed by atoms with Gasteiger partial charge in [-0.15, -0.1) is 24.0 Å². The Balaban J connectivity index is 0.00000576. The van der Waals surface area contributed by atoms with Gasteiger partial charge in [-0.1, -0.05) is 13.8 Å². The second-order valence-corrected chi connectivity index (χ2v) is 6.32. The molecule has 0 radical (unpaired) electrons.